The minimum absolute atomic E-state index is 0.255. The monoisotopic (exact) mass is 194 g/mol. The first-order chi connectivity index (χ1) is 6.37. The Kier molecular flexibility index (Phi) is 3.14. The number of carbonyl (C=O) groups excluding carboxylic acids is 1. The number of hydrogen-bond acceptors (Lipinski definition) is 2. The third kappa shape index (κ3) is 3.77. The highest BCUT2D eigenvalue weighted by Crippen LogP contribution is 2.32. The summed E-state index contributed by atoms with van der Waals surface area (Å²) in [5.74, 6) is 0.241. The summed E-state index contributed by atoms with van der Waals surface area (Å²) in [4.78, 5) is 11.3. The maximum absolute atomic E-state index is 11.3. The van der Waals surface area contributed by atoms with Gasteiger partial charge >= 0.3 is 5.97 Å². The summed E-state index contributed by atoms with van der Waals surface area (Å²) in [5, 5.41) is 0. The van der Waals surface area contributed by atoms with Gasteiger partial charge in [-0.2, -0.15) is 0 Å². The number of ether oxygens (including phenoxy) is 1. The Bertz CT molecular complexity index is 261. The molecule has 1 aliphatic rings. The lowest BCUT2D eigenvalue weighted by molar-refractivity contribution is -0.148. The van der Waals surface area contributed by atoms with Gasteiger partial charge in [0.1, 0.15) is 5.60 Å². The van der Waals surface area contributed by atoms with Gasteiger partial charge in [-0.25, -0.2) is 4.79 Å². The predicted octanol–water partition coefficient (Wildman–Crippen LogP) is 2.85. The standard InChI is InChI=1S/C12H18O2/c1-9-7-10(8-9)5-6-11(13)14-12(2,3)4/h5-6,10H,1,7-8H2,2-4H3/b6-5+. The molecule has 0 aliphatic heterocycles. The number of carbonyl (C=O) groups is 1. The van der Waals surface area contributed by atoms with Crippen LogP contribution < -0.4 is 0 Å². The van der Waals surface area contributed by atoms with Gasteiger partial charge in [-0.15, -0.1) is 0 Å². The summed E-state index contributed by atoms with van der Waals surface area (Å²) in [6.07, 6.45) is 5.48. The Hall–Kier alpha value is -1.05. The highest BCUT2D eigenvalue weighted by atomic mass is 16.6. The smallest absolute Gasteiger partial charge is 0.330 e. The summed E-state index contributed by atoms with van der Waals surface area (Å²) in [6.45, 7) is 9.44. The summed E-state index contributed by atoms with van der Waals surface area (Å²) in [7, 11) is 0. The minimum atomic E-state index is -0.398. The zero-order chi connectivity index (χ0) is 10.8. The Morgan fingerprint density at radius 1 is 1.50 bits per heavy atom. The van der Waals surface area contributed by atoms with Gasteiger partial charge < -0.3 is 4.74 Å². The third-order valence-electron chi connectivity index (χ3n) is 2.01. The van der Waals surface area contributed by atoms with Crippen LogP contribution in [0, 0.1) is 5.92 Å². The Morgan fingerprint density at radius 3 is 2.50 bits per heavy atom. The van der Waals surface area contributed by atoms with E-state index >= 15 is 0 Å². The van der Waals surface area contributed by atoms with Crippen LogP contribution in [0.1, 0.15) is 33.6 Å². The van der Waals surface area contributed by atoms with Crippen LogP contribution in [-0.4, -0.2) is 11.6 Å². The van der Waals surface area contributed by atoms with Crippen molar-refractivity contribution in [3.8, 4) is 0 Å². The number of hydrogen-bond donors (Lipinski definition) is 0. The highest BCUT2D eigenvalue weighted by Gasteiger charge is 2.19. The van der Waals surface area contributed by atoms with Crippen LogP contribution in [0.25, 0.3) is 0 Å². The van der Waals surface area contributed by atoms with E-state index < -0.39 is 5.60 Å². The normalized spacial score (nSPS) is 18.4. The van der Waals surface area contributed by atoms with E-state index in [0.29, 0.717) is 5.92 Å². The molecule has 0 bridgehead atoms. The van der Waals surface area contributed by atoms with Crippen molar-refractivity contribution in [2.24, 2.45) is 5.92 Å². The summed E-state index contributed by atoms with van der Waals surface area (Å²) in [6, 6.07) is 0. The highest BCUT2D eigenvalue weighted by molar-refractivity contribution is 5.82. The van der Waals surface area contributed by atoms with E-state index in [1.165, 1.54) is 11.6 Å². The zero-order valence-corrected chi connectivity index (χ0v) is 9.17. The van der Waals surface area contributed by atoms with E-state index in [4.69, 9.17) is 4.74 Å². The fourth-order valence-electron chi connectivity index (χ4n) is 1.37. The molecule has 0 radical (unpaired) electrons. The van der Waals surface area contributed by atoms with E-state index in [-0.39, 0.29) is 5.97 Å². The van der Waals surface area contributed by atoms with E-state index in [2.05, 4.69) is 6.58 Å². The van der Waals surface area contributed by atoms with Crippen LogP contribution in [-0.2, 0) is 9.53 Å². The first kappa shape index (κ1) is 11.0. The predicted molar refractivity (Wildman–Crippen MR) is 56.8 cm³/mol. The maximum Gasteiger partial charge on any atom is 0.330 e. The molecule has 0 amide bonds. The van der Waals surface area contributed by atoms with Gasteiger partial charge in [0.15, 0.2) is 0 Å². The fraction of sp³-hybridized carbons (Fsp3) is 0.583. The molecule has 0 aromatic rings. The van der Waals surface area contributed by atoms with E-state index in [9.17, 15) is 4.79 Å². The Labute approximate surface area is 85.6 Å². The molecule has 1 saturated carbocycles. The van der Waals surface area contributed by atoms with Crippen LogP contribution in [0.2, 0.25) is 0 Å². The quantitative estimate of drug-likeness (QED) is 0.384. The molecule has 78 valence electrons. The molecule has 2 nitrogen and oxygen atoms in total. The fourth-order valence-corrected chi connectivity index (χ4v) is 1.37. The van der Waals surface area contributed by atoms with Crippen molar-refractivity contribution >= 4 is 5.97 Å². The molecule has 1 fully saturated rings. The van der Waals surface area contributed by atoms with Crippen LogP contribution in [0.5, 0.6) is 0 Å². The van der Waals surface area contributed by atoms with Gasteiger partial charge in [-0.05, 0) is 39.5 Å². The molecular formula is C12H18O2. The molecule has 0 unspecified atom stereocenters. The van der Waals surface area contributed by atoms with E-state index in [1.54, 1.807) is 0 Å². The second-order valence-electron chi connectivity index (χ2n) is 4.81. The number of esters is 1. The third-order valence-corrected chi connectivity index (χ3v) is 2.01. The first-order valence-corrected chi connectivity index (χ1v) is 4.94. The largest absolute Gasteiger partial charge is 0.457 e. The summed E-state index contributed by atoms with van der Waals surface area (Å²) >= 11 is 0. The van der Waals surface area contributed by atoms with Crippen LogP contribution in [0.4, 0.5) is 0 Å². The minimum Gasteiger partial charge on any atom is -0.457 e. The molecule has 0 N–H and O–H groups in total. The molecule has 0 aromatic carbocycles. The van der Waals surface area contributed by atoms with Crippen molar-refractivity contribution in [3.05, 3.63) is 24.3 Å². The second kappa shape index (κ2) is 3.99. The SMILES string of the molecule is C=C1CC(/C=C/C(=O)OC(C)(C)C)C1. The second-order valence-corrected chi connectivity index (χ2v) is 4.81. The van der Waals surface area contributed by atoms with Crippen molar-refractivity contribution in [1.29, 1.82) is 0 Å². The molecule has 0 aromatic heterocycles. The molecule has 14 heavy (non-hydrogen) atoms. The van der Waals surface area contributed by atoms with Crippen molar-refractivity contribution < 1.29 is 9.53 Å². The van der Waals surface area contributed by atoms with Crippen molar-refractivity contribution in [2.45, 2.75) is 39.2 Å². The van der Waals surface area contributed by atoms with Crippen LogP contribution in [0.3, 0.4) is 0 Å². The topological polar surface area (TPSA) is 26.3 Å². The van der Waals surface area contributed by atoms with Gasteiger partial charge in [0, 0.05) is 6.08 Å². The average Bonchev–Trinajstić information content (AvgIpc) is 1.92. The first-order valence-electron chi connectivity index (χ1n) is 4.94. The summed E-state index contributed by atoms with van der Waals surface area (Å²) in [5.41, 5.74) is 0.869. The molecule has 0 atom stereocenters. The molecule has 0 saturated heterocycles. The zero-order valence-electron chi connectivity index (χ0n) is 9.17. The van der Waals surface area contributed by atoms with Gasteiger partial charge in [0.05, 0.1) is 0 Å². The summed E-state index contributed by atoms with van der Waals surface area (Å²) < 4.78 is 5.14. The van der Waals surface area contributed by atoms with Crippen molar-refractivity contribution in [1.82, 2.24) is 0 Å². The van der Waals surface area contributed by atoms with Gasteiger partial charge in [0.2, 0.25) is 0 Å². The van der Waals surface area contributed by atoms with Gasteiger partial charge in [-0.3, -0.25) is 0 Å². The van der Waals surface area contributed by atoms with Crippen LogP contribution >= 0.6 is 0 Å². The molecule has 2 heteroatoms. The van der Waals surface area contributed by atoms with E-state index in [0.717, 1.165) is 12.8 Å². The Morgan fingerprint density at radius 2 is 2.07 bits per heavy atom. The molecular weight excluding hydrogens is 176 g/mol. The lowest BCUT2D eigenvalue weighted by Crippen LogP contribution is -2.22. The molecule has 1 aliphatic carbocycles. The average molecular weight is 194 g/mol. The lowest BCUT2D eigenvalue weighted by atomic mass is 9.81. The number of allylic oxidation sites excluding steroid dienone is 2. The molecule has 0 heterocycles. The molecule has 1 rings (SSSR count). The maximum atomic E-state index is 11.3. The number of rotatable bonds is 2. The van der Waals surface area contributed by atoms with Gasteiger partial charge in [-0.1, -0.05) is 18.2 Å². The lowest BCUT2D eigenvalue weighted by Gasteiger charge is -2.25. The van der Waals surface area contributed by atoms with Crippen molar-refractivity contribution in [3.63, 3.8) is 0 Å². The Balaban J connectivity index is 2.30. The molecule has 0 spiro atoms. The van der Waals surface area contributed by atoms with Crippen molar-refractivity contribution in [2.75, 3.05) is 0 Å². The van der Waals surface area contributed by atoms with E-state index in [1.807, 2.05) is 26.8 Å². The van der Waals surface area contributed by atoms with Gasteiger partial charge in [0.25, 0.3) is 0 Å². The van der Waals surface area contributed by atoms with Crippen LogP contribution in [0.15, 0.2) is 24.3 Å².